The summed E-state index contributed by atoms with van der Waals surface area (Å²) in [5, 5.41) is 0. The Bertz CT molecular complexity index is 624. The highest BCUT2D eigenvalue weighted by atomic mass is 16.5. The lowest BCUT2D eigenvalue weighted by Gasteiger charge is -2.39. The molecule has 2 aliphatic rings. The minimum Gasteiger partial charge on any atom is -0.497 e. The fourth-order valence-corrected chi connectivity index (χ4v) is 4.23. The Labute approximate surface area is 157 Å². The number of carbonyl (C=O) groups excluding carboxylic acids is 1. The molecule has 26 heavy (non-hydrogen) atoms. The Kier molecular flexibility index (Phi) is 6.20. The van der Waals surface area contributed by atoms with E-state index in [1.807, 2.05) is 17.0 Å². The molecule has 5 nitrogen and oxygen atoms in total. The zero-order valence-electron chi connectivity index (χ0n) is 16.7. The zero-order chi connectivity index (χ0) is 18.7. The molecule has 0 unspecified atom stereocenters. The van der Waals surface area contributed by atoms with Crippen molar-refractivity contribution >= 4 is 11.6 Å². The molecule has 1 aromatic carbocycles. The maximum Gasteiger partial charge on any atom is 0.241 e. The summed E-state index contributed by atoms with van der Waals surface area (Å²) in [6.45, 7) is 8.10. The van der Waals surface area contributed by atoms with Crippen LogP contribution in [0.2, 0.25) is 0 Å². The molecule has 1 fully saturated rings. The van der Waals surface area contributed by atoms with Gasteiger partial charge in [-0.2, -0.15) is 0 Å². The van der Waals surface area contributed by atoms with Gasteiger partial charge in [0.15, 0.2) is 0 Å². The van der Waals surface area contributed by atoms with Gasteiger partial charge in [0.05, 0.1) is 13.7 Å². The Morgan fingerprint density at radius 2 is 2.00 bits per heavy atom. The van der Waals surface area contributed by atoms with Crippen LogP contribution in [0.1, 0.15) is 38.7 Å². The molecule has 1 saturated heterocycles. The van der Waals surface area contributed by atoms with Gasteiger partial charge in [0, 0.05) is 24.3 Å². The first-order chi connectivity index (χ1) is 12.5. The van der Waals surface area contributed by atoms with E-state index in [9.17, 15) is 4.79 Å². The third-order valence-electron chi connectivity index (χ3n) is 5.94. The van der Waals surface area contributed by atoms with Crippen LogP contribution in [-0.2, 0) is 11.2 Å². The van der Waals surface area contributed by atoms with Crippen molar-refractivity contribution in [1.29, 1.82) is 0 Å². The molecular formula is C21H33N3O2. The van der Waals surface area contributed by atoms with E-state index in [0.717, 1.165) is 56.8 Å². The monoisotopic (exact) mass is 359 g/mol. The zero-order valence-corrected chi connectivity index (χ0v) is 16.7. The van der Waals surface area contributed by atoms with Gasteiger partial charge in [-0.3, -0.25) is 9.69 Å². The molecule has 0 aromatic heterocycles. The summed E-state index contributed by atoms with van der Waals surface area (Å²) in [6, 6.07) is 7.18. The SMILES string of the molecule is COc1ccc2c(c1)CCCN2C(=O)CN(C)C1CCN(C(C)C)CC1. The van der Waals surface area contributed by atoms with E-state index in [1.54, 1.807) is 7.11 Å². The number of amides is 1. The van der Waals surface area contributed by atoms with Gasteiger partial charge in [-0.25, -0.2) is 0 Å². The molecule has 0 radical (unpaired) electrons. The number of rotatable bonds is 5. The average Bonchev–Trinajstić information content (AvgIpc) is 2.66. The fraction of sp³-hybridized carbons (Fsp3) is 0.667. The van der Waals surface area contributed by atoms with E-state index in [4.69, 9.17) is 4.74 Å². The molecule has 0 N–H and O–H groups in total. The Morgan fingerprint density at radius 1 is 1.27 bits per heavy atom. The van der Waals surface area contributed by atoms with Crippen molar-refractivity contribution in [3.05, 3.63) is 23.8 Å². The molecule has 2 aliphatic heterocycles. The summed E-state index contributed by atoms with van der Waals surface area (Å²) in [5.41, 5.74) is 2.28. The van der Waals surface area contributed by atoms with E-state index in [-0.39, 0.29) is 5.91 Å². The normalized spacial score (nSPS) is 19.1. The van der Waals surface area contributed by atoms with Crippen LogP contribution < -0.4 is 9.64 Å². The number of nitrogens with zero attached hydrogens (tertiary/aromatic N) is 3. The minimum atomic E-state index is 0.213. The molecule has 1 aromatic rings. The molecule has 0 bridgehead atoms. The van der Waals surface area contributed by atoms with Crippen molar-refractivity contribution in [2.75, 3.05) is 45.2 Å². The molecule has 0 spiro atoms. The number of likely N-dealkylation sites (N-methyl/N-ethyl adjacent to an activating group) is 1. The van der Waals surface area contributed by atoms with Gasteiger partial charge in [0.25, 0.3) is 0 Å². The molecule has 144 valence electrons. The van der Waals surface area contributed by atoms with Crippen molar-refractivity contribution < 1.29 is 9.53 Å². The van der Waals surface area contributed by atoms with E-state index in [0.29, 0.717) is 18.6 Å². The van der Waals surface area contributed by atoms with Crippen LogP contribution in [0.4, 0.5) is 5.69 Å². The lowest BCUT2D eigenvalue weighted by molar-refractivity contribution is -0.120. The van der Waals surface area contributed by atoms with Gasteiger partial charge in [-0.1, -0.05) is 0 Å². The molecule has 5 heteroatoms. The highest BCUT2D eigenvalue weighted by molar-refractivity contribution is 5.96. The van der Waals surface area contributed by atoms with Crippen molar-refractivity contribution in [2.24, 2.45) is 0 Å². The third-order valence-corrected chi connectivity index (χ3v) is 5.94. The molecule has 2 heterocycles. The molecule has 3 rings (SSSR count). The van der Waals surface area contributed by atoms with Crippen molar-refractivity contribution in [1.82, 2.24) is 9.80 Å². The lowest BCUT2D eigenvalue weighted by atomic mass is 10.0. The van der Waals surface area contributed by atoms with E-state index in [1.165, 1.54) is 5.56 Å². The predicted octanol–water partition coefficient (Wildman–Crippen LogP) is 2.78. The van der Waals surface area contributed by atoms with E-state index < -0.39 is 0 Å². The molecule has 0 atom stereocenters. The summed E-state index contributed by atoms with van der Waals surface area (Å²) in [5.74, 6) is 1.08. The Hall–Kier alpha value is -1.59. The number of fused-ring (bicyclic) bond motifs is 1. The van der Waals surface area contributed by atoms with Gasteiger partial charge >= 0.3 is 0 Å². The summed E-state index contributed by atoms with van der Waals surface area (Å²) in [4.78, 5) is 19.7. The highest BCUT2D eigenvalue weighted by Crippen LogP contribution is 2.30. The van der Waals surface area contributed by atoms with Crippen LogP contribution >= 0.6 is 0 Å². The number of anilines is 1. The third kappa shape index (κ3) is 4.21. The molecular weight excluding hydrogens is 326 g/mol. The van der Waals surface area contributed by atoms with Crippen LogP contribution in [0.15, 0.2) is 18.2 Å². The van der Waals surface area contributed by atoms with Crippen LogP contribution in [0.3, 0.4) is 0 Å². The van der Waals surface area contributed by atoms with Gasteiger partial charge in [-0.15, -0.1) is 0 Å². The van der Waals surface area contributed by atoms with Crippen molar-refractivity contribution in [2.45, 2.75) is 51.6 Å². The maximum absolute atomic E-state index is 13.0. The van der Waals surface area contributed by atoms with Gasteiger partial charge < -0.3 is 14.5 Å². The summed E-state index contributed by atoms with van der Waals surface area (Å²) in [6.07, 6.45) is 4.33. The number of benzene rings is 1. The number of methoxy groups -OCH3 is 1. The number of hydrogen-bond donors (Lipinski definition) is 0. The predicted molar refractivity (Wildman–Crippen MR) is 106 cm³/mol. The van der Waals surface area contributed by atoms with Gasteiger partial charge in [-0.05, 0) is 83.4 Å². The number of piperidine rings is 1. The second-order valence-corrected chi connectivity index (χ2v) is 7.92. The largest absolute Gasteiger partial charge is 0.497 e. The smallest absolute Gasteiger partial charge is 0.241 e. The second-order valence-electron chi connectivity index (χ2n) is 7.92. The number of aryl methyl sites for hydroxylation is 1. The summed E-state index contributed by atoms with van der Waals surface area (Å²) in [7, 11) is 3.79. The van der Waals surface area contributed by atoms with Crippen LogP contribution in [0, 0.1) is 0 Å². The fourth-order valence-electron chi connectivity index (χ4n) is 4.23. The number of ether oxygens (including phenoxy) is 1. The quantitative estimate of drug-likeness (QED) is 0.810. The number of likely N-dealkylation sites (tertiary alicyclic amines) is 1. The van der Waals surface area contributed by atoms with Crippen LogP contribution in [0.25, 0.3) is 0 Å². The van der Waals surface area contributed by atoms with Crippen LogP contribution in [-0.4, -0.2) is 68.1 Å². The first-order valence-corrected chi connectivity index (χ1v) is 9.91. The maximum atomic E-state index is 13.0. The second kappa shape index (κ2) is 8.40. The van der Waals surface area contributed by atoms with E-state index >= 15 is 0 Å². The summed E-state index contributed by atoms with van der Waals surface area (Å²) >= 11 is 0. The lowest BCUT2D eigenvalue weighted by Crippen LogP contribution is -2.49. The minimum absolute atomic E-state index is 0.213. The van der Waals surface area contributed by atoms with E-state index in [2.05, 4.69) is 36.8 Å². The van der Waals surface area contributed by atoms with Gasteiger partial charge in [0.1, 0.15) is 5.75 Å². The van der Waals surface area contributed by atoms with Gasteiger partial charge in [0.2, 0.25) is 5.91 Å². The molecule has 1 amide bonds. The standard InChI is InChI=1S/C21H33N3O2/c1-16(2)23-12-9-18(10-13-23)22(3)15-21(25)24-11-5-6-17-14-19(26-4)7-8-20(17)24/h7-8,14,16,18H,5-6,9-13,15H2,1-4H3. The van der Waals surface area contributed by atoms with Crippen molar-refractivity contribution in [3.63, 3.8) is 0 Å². The van der Waals surface area contributed by atoms with Crippen molar-refractivity contribution in [3.8, 4) is 5.75 Å². The Morgan fingerprint density at radius 3 is 2.65 bits per heavy atom. The first-order valence-electron chi connectivity index (χ1n) is 9.91. The van der Waals surface area contributed by atoms with Crippen LogP contribution in [0.5, 0.6) is 5.75 Å². The number of carbonyl (C=O) groups is 1. The molecule has 0 saturated carbocycles. The number of hydrogen-bond acceptors (Lipinski definition) is 4. The summed E-state index contributed by atoms with van der Waals surface area (Å²) < 4.78 is 5.33. The molecule has 0 aliphatic carbocycles. The average molecular weight is 360 g/mol. The Balaban J connectivity index is 1.61. The first kappa shape index (κ1) is 19.2. The topological polar surface area (TPSA) is 36.0 Å². The highest BCUT2D eigenvalue weighted by Gasteiger charge is 2.28.